The van der Waals surface area contributed by atoms with Crippen LogP contribution >= 0.6 is 0 Å². The molecule has 0 aromatic carbocycles. The number of rotatable bonds is 4. The smallest absolute Gasteiger partial charge is 0.386 e. The first kappa shape index (κ1) is 10.2. The fourth-order valence-electron chi connectivity index (χ4n) is 1.91. The van der Waals surface area contributed by atoms with E-state index in [1.807, 2.05) is 0 Å². The molecule has 0 aromatic rings. The first-order valence-corrected chi connectivity index (χ1v) is 6.61. The first-order chi connectivity index (χ1) is 5.79. The van der Waals surface area contributed by atoms with E-state index >= 15 is 0 Å². The maximum absolute atomic E-state index is 5.56. The van der Waals surface area contributed by atoms with Crippen LogP contribution in [-0.4, -0.2) is 40.6 Å². The third kappa shape index (κ3) is 1.71. The molecule has 3 nitrogen and oxygen atoms in total. The number of hydrogen-bond donors (Lipinski definition) is 0. The van der Waals surface area contributed by atoms with E-state index in [0.717, 1.165) is 19.1 Å². The van der Waals surface area contributed by atoms with Crippen LogP contribution in [-0.2, 0) is 8.85 Å². The van der Waals surface area contributed by atoms with Crippen molar-refractivity contribution in [2.45, 2.75) is 25.8 Å². The molecule has 0 spiro atoms. The summed E-state index contributed by atoms with van der Waals surface area (Å²) in [6.45, 7) is 4.46. The molecule has 1 aliphatic rings. The Balaban J connectivity index is 2.61. The van der Waals surface area contributed by atoms with Gasteiger partial charge >= 0.3 is 8.72 Å². The molecule has 72 valence electrons. The Kier molecular flexibility index (Phi) is 3.70. The van der Waals surface area contributed by atoms with Crippen LogP contribution in [0.1, 0.15) is 19.8 Å². The minimum Gasteiger partial charge on any atom is -0.386 e. The zero-order valence-electron chi connectivity index (χ0n) is 8.30. The highest BCUT2D eigenvalue weighted by atomic mass is 28.4. The molecular formula is C8H19NO2Si. The number of hydrogen-bond acceptors (Lipinski definition) is 3. The summed E-state index contributed by atoms with van der Waals surface area (Å²) in [7, 11) is 1.60. The van der Waals surface area contributed by atoms with Crippen molar-refractivity contribution in [3.05, 3.63) is 0 Å². The van der Waals surface area contributed by atoms with E-state index in [2.05, 4.69) is 11.5 Å². The van der Waals surface area contributed by atoms with Crippen molar-refractivity contribution in [1.82, 2.24) is 4.57 Å². The lowest BCUT2D eigenvalue weighted by atomic mass is 10.4. The van der Waals surface area contributed by atoms with Gasteiger partial charge in [-0.05, 0) is 25.9 Å². The Morgan fingerprint density at radius 2 is 1.67 bits per heavy atom. The monoisotopic (exact) mass is 189 g/mol. The van der Waals surface area contributed by atoms with Gasteiger partial charge in [-0.25, -0.2) is 0 Å². The van der Waals surface area contributed by atoms with E-state index in [4.69, 9.17) is 8.85 Å². The van der Waals surface area contributed by atoms with E-state index in [-0.39, 0.29) is 0 Å². The van der Waals surface area contributed by atoms with Gasteiger partial charge in [0, 0.05) is 20.3 Å². The Labute approximate surface area is 76.0 Å². The quantitative estimate of drug-likeness (QED) is 0.623. The van der Waals surface area contributed by atoms with Crippen LogP contribution in [0.4, 0.5) is 0 Å². The van der Waals surface area contributed by atoms with Crippen molar-refractivity contribution >= 4 is 8.72 Å². The van der Waals surface area contributed by atoms with Gasteiger partial charge in [-0.1, -0.05) is 6.92 Å². The topological polar surface area (TPSA) is 21.7 Å². The predicted octanol–water partition coefficient (Wildman–Crippen LogP) is 1.33. The minimum atomic E-state index is -1.95. The second-order valence-corrected chi connectivity index (χ2v) is 6.75. The molecule has 0 aliphatic carbocycles. The molecule has 0 bridgehead atoms. The average Bonchev–Trinajstić information content (AvgIpc) is 2.62. The highest BCUT2D eigenvalue weighted by Crippen LogP contribution is 2.22. The summed E-state index contributed by atoms with van der Waals surface area (Å²) >= 11 is 0. The van der Waals surface area contributed by atoms with Crippen LogP contribution in [0.3, 0.4) is 0 Å². The van der Waals surface area contributed by atoms with Crippen molar-refractivity contribution in [2.75, 3.05) is 27.3 Å². The van der Waals surface area contributed by atoms with Gasteiger partial charge in [-0.3, -0.25) is 4.57 Å². The lowest BCUT2D eigenvalue weighted by Crippen LogP contribution is -2.55. The molecule has 0 aromatic heterocycles. The summed E-state index contributed by atoms with van der Waals surface area (Å²) in [5, 5.41) is 0. The molecular weight excluding hydrogens is 170 g/mol. The summed E-state index contributed by atoms with van der Waals surface area (Å²) in [6.07, 6.45) is 2.59. The molecule has 0 unspecified atom stereocenters. The second-order valence-electron chi connectivity index (χ2n) is 3.17. The number of nitrogens with zero attached hydrogens (tertiary/aromatic N) is 1. The fourth-order valence-corrected chi connectivity index (χ4v) is 4.62. The molecule has 1 saturated heterocycles. The third-order valence-electron chi connectivity index (χ3n) is 2.67. The Bertz CT molecular complexity index is 125. The molecule has 1 fully saturated rings. The van der Waals surface area contributed by atoms with Crippen LogP contribution in [0.15, 0.2) is 0 Å². The summed E-state index contributed by atoms with van der Waals surface area (Å²) in [5.74, 6) is 0. The van der Waals surface area contributed by atoms with Gasteiger partial charge in [0.15, 0.2) is 0 Å². The van der Waals surface area contributed by atoms with Crippen LogP contribution in [0.5, 0.6) is 0 Å². The second kappa shape index (κ2) is 4.37. The maximum atomic E-state index is 5.56. The molecule has 0 amide bonds. The molecule has 0 N–H and O–H groups in total. The predicted molar refractivity (Wildman–Crippen MR) is 51.1 cm³/mol. The summed E-state index contributed by atoms with van der Waals surface area (Å²) in [4.78, 5) is 0. The van der Waals surface area contributed by atoms with Crippen molar-refractivity contribution in [2.24, 2.45) is 0 Å². The molecule has 0 atom stereocenters. The summed E-state index contributed by atoms with van der Waals surface area (Å²) in [5.41, 5.74) is 0. The molecule has 12 heavy (non-hydrogen) atoms. The van der Waals surface area contributed by atoms with Crippen molar-refractivity contribution in [1.29, 1.82) is 0 Å². The Hall–Kier alpha value is 0.0969. The van der Waals surface area contributed by atoms with Gasteiger partial charge in [-0.2, -0.15) is 0 Å². The van der Waals surface area contributed by atoms with E-state index in [1.54, 1.807) is 14.2 Å². The largest absolute Gasteiger partial charge is 0.426 e. The summed E-state index contributed by atoms with van der Waals surface area (Å²) in [6, 6.07) is 1.01. The maximum Gasteiger partial charge on any atom is 0.426 e. The molecule has 1 heterocycles. The highest BCUT2D eigenvalue weighted by Gasteiger charge is 2.42. The average molecular weight is 189 g/mol. The molecule has 0 radical (unpaired) electrons. The lowest BCUT2D eigenvalue weighted by Gasteiger charge is -2.34. The minimum absolute atomic E-state index is 1.01. The van der Waals surface area contributed by atoms with Crippen molar-refractivity contribution < 1.29 is 8.85 Å². The van der Waals surface area contributed by atoms with Crippen LogP contribution < -0.4 is 0 Å². The van der Waals surface area contributed by atoms with Gasteiger partial charge in [0.1, 0.15) is 0 Å². The van der Waals surface area contributed by atoms with Crippen molar-refractivity contribution in [3.63, 3.8) is 0 Å². The molecule has 1 rings (SSSR count). The van der Waals surface area contributed by atoms with Gasteiger partial charge < -0.3 is 8.85 Å². The Morgan fingerprint density at radius 3 is 2.00 bits per heavy atom. The van der Waals surface area contributed by atoms with E-state index < -0.39 is 8.72 Å². The lowest BCUT2D eigenvalue weighted by molar-refractivity contribution is 0.176. The van der Waals surface area contributed by atoms with Crippen molar-refractivity contribution in [3.8, 4) is 0 Å². The first-order valence-electron chi connectivity index (χ1n) is 4.64. The Morgan fingerprint density at radius 1 is 1.17 bits per heavy atom. The fraction of sp³-hybridized carbons (Fsp3) is 1.00. The molecule has 4 heteroatoms. The SMILES string of the molecule is CC[Si](OC)(OC)N1CCCC1. The zero-order chi connectivity index (χ0) is 9.03. The van der Waals surface area contributed by atoms with E-state index in [1.165, 1.54) is 12.8 Å². The van der Waals surface area contributed by atoms with Crippen LogP contribution in [0.2, 0.25) is 6.04 Å². The van der Waals surface area contributed by atoms with Crippen LogP contribution in [0, 0.1) is 0 Å². The third-order valence-corrected chi connectivity index (χ3v) is 6.25. The molecule has 1 aliphatic heterocycles. The highest BCUT2D eigenvalue weighted by molar-refractivity contribution is 6.64. The summed E-state index contributed by atoms with van der Waals surface area (Å²) < 4.78 is 13.5. The molecule has 0 saturated carbocycles. The van der Waals surface area contributed by atoms with Crippen LogP contribution in [0.25, 0.3) is 0 Å². The van der Waals surface area contributed by atoms with Gasteiger partial charge in [-0.15, -0.1) is 0 Å². The van der Waals surface area contributed by atoms with Gasteiger partial charge in [0.05, 0.1) is 0 Å². The normalized spacial score (nSPS) is 20.2. The standard InChI is InChI=1S/C8H19NO2Si/c1-4-12(10-2,11-3)9-7-5-6-8-9/h4-8H2,1-3H3. The zero-order valence-corrected chi connectivity index (χ0v) is 9.30. The van der Waals surface area contributed by atoms with E-state index in [0.29, 0.717) is 0 Å². The van der Waals surface area contributed by atoms with Gasteiger partial charge in [0.25, 0.3) is 0 Å². The van der Waals surface area contributed by atoms with E-state index in [9.17, 15) is 0 Å². The van der Waals surface area contributed by atoms with Gasteiger partial charge in [0.2, 0.25) is 0 Å².